The number of hydrogen-bond donors (Lipinski definition) is 0. The van der Waals surface area contributed by atoms with Crippen molar-refractivity contribution in [2.24, 2.45) is 0 Å². The molecule has 0 radical (unpaired) electrons. The van der Waals surface area contributed by atoms with Crippen molar-refractivity contribution < 1.29 is 14.3 Å². The number of benzene rings is 1. The molecule has 2 aliphatic heterocycles. The topological polar surface area (TPSA) is 51.7 Å². The Bertz CT molecular complexity index is 758. The predicted molar refractivity (Wildman–Crippen MR) is 91.9 cm³/mol. The van der Waals surface area contributed by atoms with Gasteiger partial charge in [0.25, 0.3) is 5.91 Å². The minimum atomic E-state index is 0.0876. The lowest BCUT2D eigenvalue weighted by molar-refractivity contribution is 0.0739. The lowest BCUT2D eigenvalue weighted by Crippen LogP contribution is -2.30. The predicted octanol–water partition coefficient (Wildman–Crippen LogP) is 3.59. The summed E-state index contributed by atoms with van der Waals surface area (Å²) in [6.45, 7) is 4.03. The second-order valence-corrected chi connectivity index (χ2v) is 7.03. The third-order valence-corrected chi connectivity index (χ3v) is 5.53. The van der Waals surface area contributed by atoms with Gasteiger partial charge in [-0.1, -0.05) is 6.07 Å². The fourth-order valence-electron chi connectivity index (χ4n) is 3.38. The molecule has 0 aliphatic carbocycles. The van der Waals surface area contributed by atoms with Gasteiger partial charge in [-0.25, -0.2) is 4.98 Å². The van der Waals surface area contributed by atoms with Crippen molar-refractivity contribution in [1.29, 1.82) is 0 Å². The maximum absolute atomic E-state index is 12.9. The summed E-state index contributed by atoms with van der Waals surface area (Å²) in [6, 6.07) is 6.16. The highest BCUT2D eigenvalue weighted by Gasteiger charge is 2.32. The second-order valence-electron chi connectivity index (χ2n) is 6.18. The number of likely N-dealkylation sites (tertiary alicyclic amines) is 1. The monoisotopic (exact) mass is 344 g/mol. The molecule has 5 nitrogen and oxygen atoms in total. The van der Waals surface area contributed by atoms with Gasteiger partial charge in [0.2, 0.25) is 0 Å². The van der Waals surface area contributed by atoms with Crippen molar-refractivity contribution in [2.45, 2.75) is 32.2 Å². The molecule has 1 atom stereocenters. The molecule has 1 unspecified atom stereocenters. The first-order valence-electron chi connectivity index (χ1n) is 8.34. The van der Waals surface area contributed by atoms with Gasteiger partial charge in [0, 0.05) is 13.0 Å². The van der Waals surface area contributed by atoms with E-state index in [1.54, 1.807) is 5.51 Å². The van der Waals surface area contributed by atoms with Crippen molar-refractivity contribution in [2.75, 3.05) is 19.8 Å². The van der Waals surface area contributed by atoms with E-state index in [4.69, 9.17) is 9.47 Å². The van der Waals surface area contributed by atoms with Gasteiger partial charge in [-0.05, 0) is 37.5 Å². The van der Waals surface area contributed by atoms with Crippen LogP contribution in [0.15, 0.2) is 23.7 Å². The number of hydrogen-bond acceptors (Lipinski definition) is 5. The Morgan fingerprint density at radius 1 is 1.25 bits per heavy atom. The van der Waals surface area contributed by atoms with Crippen molar-refractivity contribution in [3.05, 3.63) is 39.8 Å². The van der Waals surface area contributed by atoms with E-state index in [0.717, 1.165) is 53.4 Å². The summed E-state index contributed by atoms with van der Waals surface area (Å²) < 4.78 is 11.5. The summed E-state index contributed by atoms with van der Waals surface area (Å²) in [7, 11) is 0. The lowest BCUT2D eigenvalue weighted by Gasteiger charge is -2.25. The first-order valence-corrected chi connectivity index (χ1v) is 9.22. The molecule has 2 aliphatic rings. The van der Waals surface area contributed by atoms with Gasteiger partial charge in [0.15, 0.2) is 11.5 Å². The summed E-state index contributed by atoms with van der Waals surface area (Å²) in [5.74, 6) is 1.67. The number of carbonyl (C=O) groups is 1. The zero-order valence-electron chi connectivity index (χ0n) is 13.7. The van der Waals surface area contributed by atoms with E-state index < -0.39 is 0 Å². The maximum atomic E-state index is 12.9. The molecule has 126 valence electrons. The van der Waals surface area contributed by atoms with Crippen LogP contribution in [-0.4, -0.2) is 35.5 Å². The first-order chi connectivity index (χ1) is 11.7. The van der Waals surface area contributed by atoms with Crippen LogP contribution in [0.3, 0.4) is 0 Å². The molecule has 6 heteroatoms. The number of carbonyl (C=O) groups excluding carboxylic acids is 1. The fourth-order valence-corrected chi connectivity index (χ4v) is 4.14. The van der Waals surface area contributed by atoms with Crippen molar-refractivity contribution >= 4 is 17.2 Å². The van der Waals surface area contributed by atoms with Crippen LogP contribution in [0, 0.1) is 6.92 Å². The van der Waals surface area contributed by atoms with Crippen LogP contribution in [0.2, 0.25) is 0 Å². The Morgan fingerprint density at radius 2 is 2.08 bits per heavy atom. The fraction of sp³-hybridized carbons (Fsp3) is 0.444. The van der Waals surface area contributed by atoms with Crippen LogP contribution in [-0.2, 0) is 0 Å². The molecule has 3 heterocycles. The third-order valence-electron chi connectivity index (χ3n) is 4.61. The van der Waals surface area contributed by atoms with E-state index in [1.807, 2.05) is 24.0 Å². The van der Waals surface area contributed by atoms with Crippen LogP contribution in [0.1, 0.15) is 46.2 Å². The Labute approximate surface area is 145 Å². The van der Waals surface area contributed by atoms with Gasteiger partial charge >= 0.3 is 0 Å². The molecule has 0 spiro atoms. The molecule has 1 aromatic carbocycles. The van der Waals surface area contributed by atoms with Crippen LogP contribution < -0.4 is 9.47 Å². The highest BCUT2D eigenvalue weighted by molar-refractivity contribution is 7.11. The number of rotatable bonds is 2. The Balaban J connectivity index is 1.62. The SMILES string of the molecule is Cc1ncsc1C(=O)N1CCCC1c1ccc2c(c1)OCCCO2. The Kier molecular flexibility index (Phi) is 4.14. The molecule has 1 aromatic heterocycles. The Hall–Kier alpha value is -2.08. The molecule has 0 N–H and O–H groups in total. The van der Waals surface area contributed by atoms with E-state index in [0.29, 0.717) is 13.2 Å². The molecule has 1 amide bonds. The number of nitrogens with zero attached hydrogens (tertiary/aromatic N) is 2. The smallest absolute Gasteiger partial charge is 0.266 e. The average Bonchev–Trinajstić information content (AvgIpc) is 3.18. The van der Waals surface area contributed by atoms with E-state index >= 15 is 0 Å². The van der Waals surface area contributed by atoms with Crippen LogP contribution in [0.4, 0.5) is 0 Å². The quantitative estimate of drug-likeness (QED) is 0.835. The minimum Gasteiger partial charge on any atom is -0.490 e. The van der Waals surface area contributed by atoms with E-state index in [1.165, 1.54) is 11.3 Å². The highest BCUT2D eigenvalue weighted by atomic mass is 32.1. The van der Waals surface area contributed by atoms with Crippen molar-refractivity contribution in [1.82, 2.24) is 9.88 Å². The first kappa shape index (κ1) is 15.4. The molecule has 1 saturated heterocycles. The van der Waals surface area contributed by atoms with Gasteiger partial charge in [-0.3, -0.25) is 4.79 Å². The van der Waals surface area contributed by atoms with Crippen molar-refractivity contribution in [3.8, 4) is 11.5 Å². The van der Waals surface area contributed by atoms with Gasteiger partial charge in [-0.2, -0.15) is 0 Å². The molecule has 1 fully saturated rings. The summed E-state index contributed by atoms with van der Waals surface area (Å²) in [5.41, 5.74) is 3.67. The van der Waals surface area contributed by atoms with Crippen LogP contribution in [0.25, 0.3) is 0 Å². The Morgan fingerprint density at radius 3 is 2.88 bits per heavy atom. The van der Waals surface area contributed by atoms with Crippen molar-refractivity contribution in [3.63, 3.8) is 0 Å². The summed E-state index contributed by atoms with van der Waals surface area (Å²) in [6.07, 6.45) is 2.88. The molecule has 24 heavy (non-hydrogen) atoms. The van der Waals surface area contributed by atoms with Crippen LogP contribution >= 0.6 is 11.3 Å². The number of amides is 1. The number of aryl methyl sites for hydroxylation is 1. The summed E-state index contributed by atoms with van der Waals surface area (Å²) in [5, 5.41) is 0. The third kappa shape index (κ3) is 2.75. The number of ether oxygens (including phenoxy) is 2. The van der Waals surface area contributed by atoms with Crippen LogP contribution in [0.5, 0.6) is 11.5 Å². The second kappa shape index (κ2) is 6.43. The van der Waals surface area contributed by atoms with E-state index in [-0.39, 0.29) is 11.9 Å². The number of aromatic nitrogens is 1. The summed E-state index contributed by atoms with van der Waals surface area (Å²) >= 11 is 1.42. The molecule has 0 bridgehead atoms. The molecular weight excluding hydrogens is 324 g/mol. The standard InChI is InChI=1S/C18H20N2O3S/c1-12-17(24-11-19-12)18(21)20-7-2-4-14(20)13-5-6-15-16(10-13)23-9-3-8-22-15/h5-6,10-11,14H,2-4,7-9H2,1H3. The normalized spacial score (nSPS) is 20.0. The molecule has 2 aromatic rings. The zero-order valence-corrected chi connectivity index (χ0v) is 14.5. The number of fused-ring (bicyclic) bond motifs is 1. The molecule has 0 saturated carbocycles. The number of thiazole rings is 1. The van der Waals surface area contributed by atoms with E-state index in [2.05, 4.69) is 11.1 Å². The van der Waals surface area contributed by atoms with Gasteiger partial charge < -0.3 is 14.4 Å². The minimum absolute atomic E-state index is 0.0876. The lowest BCUT2D eigenvalue weighted by atomic mass is 10.0. The van der Waals surface area contributed by atoms with Gasteiger partial charge in [0.05, 0.1) is 30.5 Å². The van der Waals surface area contributed by atoms with Gasteiger partial charge in [-0.15, -0.1) is 11.3 Å². The molecule has 4 rings (SSSR count). The van der Waals surface area contributed by atoms with E-state index in [9.17, 15) is 4.79 Å². The largest absolute Gasteiger partial charge is 0.490 e. The zero-order chi connectivity index (χ0) is 16.5. The van der Waals surface area contributed by atoms with Gasteiger partial charge in [0.1, 0.15) is 4.88 Å². The highest BCUT2D eigenvalue weighted by Crippen LogP contribution is 2.38. The summed E-state index contributed by atoms with van der Waals surface area (Å²) in [4.78, 5) is 19.8. The maximum Gasteiger partial charge on any atom is 0.266 e. The average molecular weight is 344 g/mol. The molecular formula is C18H20N2O3S.